The van der Waals surface area contributed by atoms with E-state index in [1.807, 2.05) is 12.1 Å². The van der Waals surface area contributed by atoms with Gasteiger partial charge in [0.25, 0.3) is 0 Å². The molecule has 0 aromatic rings. The van der Waals surface area contributed by atoms with Crippen LogP contribution in [-0.4, -0.2) is 60.0 Å². The van der Waals surface area contributed by atoms with Crippen LogP contribution in [0.4, 0.5) is 4.79 Å². The van der Waals surface area contributed by atoms with Gasteiger partial charge in [-0.2, -0.15) is 10.5 Å². The molecule has 0 spiro atoms. The van der Waals surface area contributed by atoms with Gasteiger partial charge in [0, 0.05) is 0 Å². The van der Waals surface area contributed by atoms with Crippen LogP contribution in [0.5, 0.6) is 0 Å². The van der Waals surface area contributed by atoms with E-state index in [0.29, 0.717) is 0 Å². The zero-order valence-electron chi connectivity index (χ0n) is 16.0. The van der Waals surface area contributed by atoms with Crippen LogP contribution >= 0.6 is 8.60 Å². The lowest BCUT2D eigenvalue weighted by Crippen LogP contribution is -2.51. The minimum atomic E-state index is -1.90. The van der Waals surface area contributed by atoms with E-state index in [1.165, 1.54) is 6.92 Å². The largest absolute Gasteiger partial charge is 0.444 e. The van der Waals surface area contributed by atoms with Crippen LogP contribution < -0.4 is 5.32 Å². The van der Waals surface area contributed by atoms with Crippen molar-refractivity contribution in [2.24, 2.45) is 0 Å². The maximum atomic E-state index is 12.0. The number of hydrogen-bond donors (Lipinski definition) is 3. The van der Waals surface area contributed by atoms with Crippen molar-refractivity contribution in [2.45, 2.75) is 64.4 Å². The summed E-state index contributed by atoms with van der Waals surface area (Å²) in [6, 6.07) is 2.83. The average molecular weight is 405 g/mol. The summed E-state index contributed by atoms with van der Waals surface area (Å²) in [4.78, 5) is 12.0. The number of nitriles is 2. The van der Waals surface area contributed by atoms with Crippen LogP contribution in [0.3, 0.4) is 0 Å². The Morgan fingerprint density at radius 3 is 2.04 bits per heavy atom. The number of carbonyl (C=O) groups is 1. The molecular formula is C16H28N3O7P. The Labute approximate surface area is 161 Å². The highest BCUT2D eigenvalue weighted by Crippen LogP contribution is 2.40. The molecular weight excluding hydrogens is 377 g/mol. The Morgan fingerprint density at radius 2 is 1.63 bits per heavy atom. The Bertz CT molecular complexity index is 494. The van der Waals surface area contributed by atoms with E-state index < -0.39 is 38.5 Å². The standard InChI is InChI=1S/C16H28N3O7P/c1-12(20)14(21)13(19-15(22)26-16(2,3)4)11-25-27(23-9-5-7-17)24-10-6-8-18/h12-14,20-21H,5-6,9-11H2,1-4H3,(H,19,22)/t12-,13+,14-/m1/s1. The minimum Gasteiger partial charge on any atom is -0.444 e. The smallest absolute Gasteiger partial charge is 0.408 e. The Hall–Kier alpha value is -1.52. The fourth-order valence-electron chi connectivity index (χ4n) is 1.61. The fourth-order valence-corrected chi connectivity index (χ4v) is 2.59. The predicted octanol–water partition coefficient (Wildman–Crippen LogP) is 1.73. The molecule has 0 bridgehead atoms. The summed E-state index contributed by atoms with van der Waals surface area (Å²) < 4.78 is 21.2. The number of aliphatic hydroxyl groups is 2. The van der Waals surface area contributed by atoms with Crippen LogP contribution in [-0.2, 0) is 18.3 Å². The first-order valence-corrected chi connectivity index (χ1v) is 9.48. The first-order chi connectivity index (χ1) is 12.6. The Morgan fingerprint density at radius 1 is 1.11 bits per heavy atom. The third-order valence-corrected chi connectivity index (χ3v) is 3.94. The number of rotatable bonds is 12. The normalized spacial score (nSPS) is 14.7. The molecule has 0 aliphatic rings. The van der Waals surface area contributed by atoms with E-state index in [4.69, 9.17) is 28.8 Å². The second-order valence-electron chi connectivity index (χ2n) is 6.49. The summed E-state index contributed by atoms with van der Waals surface area (Å²) in [5.74, 6) is 0. The highest BCUT2D eigenvalue weighted by Gasteiger charge is 2.29. The molecule has 0 aromatic carbocycles. The lowest BCUT2D eigenvalue weighted by atomic mass is 10.1. The quantitative estimate of drug-likeness (QED) is 0.325. The topological polar surface area (TPSA) is 154 Å². The maximum Gasteiger partial charge on any atom is 0.408 e. The molecule has 11 heteroatoms. The third kappa shape index (κ3) is 13.3. The summed E-state index contributed by atoms with van der Waals surface area (Å²) in [7, 11) is -1.90. The maximum absolute atomic E-state index is 12.0. The van der Waals surface area contributed by atoms with Gasteiger partial charge in [0.2, 0.25) is 0 Å². The highest BCUT2D eigenvalue weighted by atomic mass is 31.2. The first-order valence-electron chi connectivity index (χ1n) is 8.39. The van der Waals surface area contributed by atoms with Crippen LogP contribution in [0.25, 0.3) is 0 Å². The molecule has 3 N–H and O–H groups in total. The lowest BCUT2D eigenvalue weighted by Gasteiger charge is -2.28. The van der Waals surface area contributed by atoms with Gasteiger partial charge in [-0.15, -0.1) is 0 Å². The molecule has 0 heterocycles. The SMILES string of the molecule is C[C@@H](O)[C@@H](O)[C@H](COP(OCCC#N)OCCC#N)NC(=O)OC(C)(C)C. The molecule has 0 radical (unpaired) electrons. The molecule has 0 aliphatic carbocycles. The number of alkyl carbamates (subject to hydrolysis) is 1. The van der Waals surface area contributed by atoms with E-state index in [9.17, 15) is 15.0 Å². The number of carbonyl (C=O) groups excluding carboxylic acids is 1. The zero-order valence-corrected chi connectivity index (χ0v) is 16.9. The van der Waals surface area contributed by atoms with E-state index in [2.05, 4.69) is 5.32 Å². The zero-order chi connectivity index (χ0) is 20.9. The molecule has 0 saturated carbocycles. The first kappa shape index (κ1) is 25.5. The van der Waals surface area contributed by atoms with Crippen molar-refractivity contribution in [3.63, 3.8) is 0 Å². The Balaban J connectivity index is 4.85. The summed E-state index contributed by atoms with van der Waals surface area (Å²) >= 11 is 0. The predicted molar refractivity (Wildman–Crippen MR) is 96.1 cm³/mol. The van der Waals surface area contributed by atoms with Gasteiger partial charge in [0.15, 0.2) is 0 Å². The van der Waals surface area contributed by atoms with Crippen molar-refractivity contribution in [3.8, 4) is 12.1 Å². The van der Waals surface area contributed by atoms with E-state index in [1.54, 1.807) is 20.8 Å². The number of amides is 1. The second-order valence-corrected chi connectivity index (χ2v) is 7.71. The Kier molecular flexibility index (Phi) is 12.9. The molecule has 0 aliphatic heterocycles. The van der Waals surface area contributed by atoms with Gasteiger partial charge in [0.05, 0.1) is 56.9 Å². The van der Waals surface area contributed by atoms with Gasteiger partial charge in [0.1, 0.15) is 11.7 Å². The molecule has 1 amide bonds. The van der Waals surface area contributed by atoms with Gasteiger partial charge in [-0.25, -0.2) is 4.79 Å². The van der Waals surface area contributed by atoms with Crippen molar-refractivity contribution < 1.29 is 33.3 Å². The summed E-state index contributed by atoms with van der Waals surface area (Å²) in [6.45, 7) is 6.33. The minimum absolute atomic E-state index is 0.0673. The van der Waals surface area contributed by atoms with Crippen LogP contribution in [0.2, 0.25) is 0 Å². The number of ether oxygens (including phenoxy) is 1. The molecule has 10 nitrogen and oxygen atoms in total. The van der Waals surface area contributed by atoms with Gasteiger partial charge in [-0.3, -0.25) is 0 Å². The van der Waals surface area contributed by atoms with E-state index in [-0.39, 0.29) is 32.7 Å². The number of nitrogens with one attached hydrogen (secondary N) is 1. The number of nitrogens with zero attached hydrogens (tertiary/aromatic N) is 2. The molecule has 154 valence electrons. The van der Waals surface area contributed by atoms with Crippen LogP contribution in [0.15, 0.2) is 0 Å². The van der Waals surface area contributed by atoms with Crippen molar-refractivity contribution in [1.82, 2.24) is 5.32 Å². The fraction of sp³-hybridized carbons (Fsp3) is 0.812. The molecule has 0 fully saturated rings. The van der Waals surface area contributed by atoms with Crippen molar-refractivity contribution in [1.29, 1.82) is 10.5 Å². The highest BCUT2D eigenvalue weighted by molar-refractivity contribution is 7.41. The molecule has 3 atom stereocenters. The monoisotopic (exact) mass is 405 g/mol. The van der Waals surface area contributed by atoms with Crippen molar-refractivity contribution in [3.05, 3.63) is 0 Å². The lowest BCUT2D eigenvalue weighted by molar-refractivity contribution is -0.0124. The van der Waals surface area contributed by atoms with E-state index >= 15 is 0 Å². The summed E-state index contributed by atoms with van der Waals surface area (Å²) in [5, 5.41) is 39.3. The van der Waals surface area contributed by atoms with E-state index in [0.717, 1.165) is 0 Å². The molecule has 0 unspecified atom stereocenters. The molecule has 0 saturated heterocycles. The number of aliphatic hydroxyl groups excluding tert-OH is 2. The molecule has 0 aromatic heterocycles. The molecule has 27 heavy (non-hydrogen) atoms. The third-order valence-electron chi connectivity index (χ3n) is 2.79. The van der Waals surface area contributed by atoms with Crippen LogP contribution in [0.1, 0.15) is 40.5 Å². The van der Waals surface area contributed by atoms with Crippen LogP contribution in [0, 0.1) is 22.7 Å². The van der Waals surface area contributed by atoms with Gasteiger partial charge in [-0.1, -0.05) is 0 Å². The van der Waals surface area contributed by atoms with Gasteiger partial charge in [-0.05, 0) is 27.7 Å². The van der Waals surface area contributed by atoms with Crippen molar-refractivity contribution >= 4 is 14.7 Å². The van der Waals surface area contributed by atoms with Gasteiger partial charge >= 0.3 is 14.7 Å². The van der Waals surface area contributed by atoms with Crippen molar-refractivity contribution in [2.75, 3.05) is 19.8 Å². The summed E-state index contributed by atoms with van der Waals surface area (Å²) in [5.41, 5.74) is -0.737. The summed E-state index contributed by atoms with van der Waals surface area (Å²) in [6.07, 6.45) is -3.00. The average Bonchev–Trinajstić information content (AvgIpc) is 2.55. The second kappa shape index (κ2) is 13.6. The van der Waals surface area contributed by atoms with Gasteiger partial charge < -0.3 is 33.8 Å². The molecule has 0 rings (SSSR count). The number of hydrogen-bond acceptors (Lipinski definition) is 9.